The Bertz CT molecular complexity index is 558. The molecule has 1 aromatic carbocycles. The highest BCUT2D eigenvalue weighted by atomic mass is 79.9. The van der Waals surface area contributed by atoms with Crippen LogP contribution in [0, 0.1) is 13.8 Å². The van der Waals surface area contributed by atoms with Crippen molar-refractivity contribution >= 4 is 43.2 Å². The maximum Gasteiger partial charge on any atom is 0.0731 e. The van der Waals surface area contributed by atoms with Crippen molar-refractivity contribution in [1.82, 2.24) is 5.32 Å². The molecule has 0 aliphatic rings. The fourth-order valence-electron chi connectivity index (χ4n) is 2.16. The van der Waals surface area contributed by atoms with Crippen molar-refractivity contribution in [2.45, 2.75) is 26.8 Å². The van der Waals surface area contributed by atoms with Crippen molar-refractivity contribution < 1.29 is 0 Å². The number of halogens is 2. The summed E-state index contributed by atoms with van der Waals surface area (Å²) >= 11 is 8.97. The summed E-state index contributed by atoms with van der Waals surface area (Å²) in [5.41, 5.74) is 3.96. The molecule has 1 unspecified atom stereocenters. The molecule has 1 nitrogen and oxygen atoms in total. The number of hydrogen-bond acceptors (Lipinski definition) is 2. The molecule has 0 fully saturated rings. The average molecular weight is 403 g/mol. The number of hydrogen-bond donors (Lipinski definition) is 1. The van der Waals surface area contributed by atoms with E-state index in [2.05, 4.69) is 82.2 Å². The van der Waals surface area contributed by atoms with Gasteiger partial charge in [0.2, 0.25) is 0 Å². The predicted octanol–water partition coefficient (Wildman–Crippen LogP) is 5.59. The first-order valence-corrected chi connectivity index (χ1v) is 8.68. The molecule has 0 radical (unpaired) electrons. The Morgan fingerprint density at radius 3 is 2.42 bits per heavy atom. The first kappa shape index (κ1) is 15.2. The fourth-order valence-corrected chi connectivity index (χ4v) is 4.30. The van der Waals surface area contributed by atoms with Gasteiger partial charge in [0.15, 0.2) is 0 Å². The summed E-state index contributed by atoms with van der Waals surface area (Å²) in [6, 6.07) is 9.03. The van der Waals surface area contributed by atoms with Crippen LogP contribution in [-0.4, -0.2) is 6.54 Å². The molecule has 1 atom stereocenters. The molecule has 0 aliphatic heterocycles. The third kappa shape index (κ3) is 3.48. The van der Waals surface area contributed by atoms with Crippen LogP contribution >= 0.6 is 43.2 Å². The van der Waals surface area contributed by atoms with E-state index >= 15 is 0 Å². The second-order valence-electron chi connectivity index (χ2n) is 4.60. The van der Waals surface area contributed by atoms with Gasteiger partial charge in [-0.15, -0.1) is 11.3 Å². The molecule has 2 rings (SSSR count). The lowest BCUT2D eigenvalue weighted by Gasteiger charge is -2.19. The van der Waals surface area contributed by atoms with E-state index in [1.807, 2.05) is 11.3 Å². The molecule has 0 spiro atoms. The SMILES string of the molecule is CCNC(c1cc(C)c(Br)s1)c1ccc(Br)cc1C. The average Bonchev–Trinajstić information content (AvgIpc) is 2.67. The molecule has 1 N–H and O–H groups in total. The van der Waals surface area contributed by atoms with Crippen LogP contribution in [0.4, 0.5) is 0 Å². The van der Waals surface area contributed by atoms with Crippen molar-refractivity contribution in [3.8, 4) is 0 Å². The van der Waals surface area contributed by atoms with Gasteiger partial charge >= 0.3 is 0 Å². The van der Waals surface area contributed by atoms with Gasteiger partial charge in [-0.3, -0.25) is 0 Å². The first-order chi connectivity index (χ1) is 9.02. The molecule has 0 amide bonds. The Labute approximate surface area is 135 Å². The molecule has 0 aliphatic carbocycles. The van der Waals surface area contributed by atoms with Crippen molar-refractivity contribution in [3.63, 3.8) is 0 Å². The lowest BCUT2D eigenvalue weighted by atomic mass is 10.00. The van der Waals surface area contributed by atoms with Crippen LogP contribution in [0.1, 0.15) is 34.5 Å². The van der Waals surface area contributed by atoms with Gasteiger partial charge in [-0.25, -0.2) is 0 Å². The Kier molecular flexibility index (Phi) is 5.23. The van der Waals surface area contributed by atoms with Crippen molar-refractivity contribution in [1.29, 1.82) is 0 Å². The highest BCUT2D eigenvalue weighted by Gasteiger charge is 2.18. The largest absolute Gasteiger partial charge is 0.306 e. The van der Waals surface area contributed by atoms with Gasteiger partial charge in [-0.2, -0.15) is 0 Å². The number of nitrogens with one attached hydrogen (secondary N) is 1. The smallest absolute Gasteiger partial charge is 0.0731 e. The summed E-state index contributed by atoms with van der Waals surface area (Å²) in [5.74, 6) is 0. The molecule has 1 aromatic heterocycles. The van der Waals surface area contributed by atoms with Crippen molar-refractivity contribution in [2.24, 2.45) is 0 Å². The zero-order valence-corrected chi connectivity index (χ0v) is 15.2. The number of benzene rings is 1. The van der Waals surface area contributed by atoms with E-state index < -0.39 is 0 Å². The van der Waals surface area contributed by atoms with Gasteiger partial charge in [0.05, 0.1) is 9.83 Å². The zero-order chi connectivity index (χ0) is 14.0. The minimum Gasteiger partial charge on any atom is -0.306 e. The van der Waals surface area contributed by atoms with Gasteiger partial charge < -0.3 is 5.32 Å². The van der Waals surface area contributed by atoms with Crippen LogP contribution in [0.25, 0.3) is 0 Å². The van der Waals surface area contributed by atoms with E-state index in [1.165, 1.54) is 25.4 Å². The van der Waals surface area contributed by atoms with Crippen LogP contribution in [-0.2, 0) is 0 Å². The van der Waals surface area contributed by atoms with E-state index in [0.717, 1.165) is 11.0 Å². The lowest BCUT2D eigenvalue weighted by Crippen LogP contribution is -2.21. The van der Waals surface area contributed by atoms with Crippen LogP contribution in [0.3, 0.4) is 0 Å². The Balaban J connectivity index is 2.44. The van der Waals surface area contributed by atoms with Gasteiger partial charge in [0.1, 0.15) is 0 Å². The molecule has 0 bridgehead atoms. The van der Waals surface area contributed by atoms with E-state index in [0.29, 0.717) is 0 Å². The molecular weight excluding hydrogens is 386 g/mol. The van der Waals surface area contributed by atoms with E-state index in [4.69, 9.17) is 0 Å². The molecule has 1 heterocycles. The first-order valence-electron chi connectivity index (χ1n) is 6.28. The topological polar surface area (TPSA) is 12.0 Å². The Hall–Kier alpha value is -0.160. The predicted molar refractivity (Wildman–Crippen MR) is 91.2 cm³/mol. The quantitative estimate of drug-likeness (QED) is 0.702. The maximum atomic E-state index is 3.62. The highest BCUT2D eigenvalue weighted by Crippen LogP contribution is 2.35. The van der Waals surface area contributed by atoms with E-state index in [-0.39, 0.29) is 6.04 Å². The Morgan fingerprint density at radius 2 is 1.89 bits per heavy atom. The summed E-state index contributed by atoms with van der Waals surface area (Å²) < 4.78 is 2.35. The summed E-state index contributed by atoms with van der Waals surface area (Å²) in [6.45, 7) is 7.41. The third-order valence-corrected chi connectivity index (χ3v) is 5.81. The Morgan fingerprint density at radius 1 is 1.16 bits per heavy atom. The molecular formula is C15H17Br2NS. The second-order valence-corrected chi connectivity index (χ2v) is 7.91. The molecule has 0 saturated heterocycles. The molecule has 102 valence electrons. The third-order valence-electron chi connectivity index (χ3n) is 3.11. The lowest BCUT2D eigenvalue weighted by molar-refractivity contribution is 0.636. The molecule has 2 aromatic rings. The molecule has 19 heavy (non-hydrogen) atoms. The second kappa shape index (κ2) is 6.53. The minimum atomic E-state index is 0.271. The summed E-state index contributed by atoms with van der Waals surface area (Å²) in [4.78, 5) is 1.36. The highest BCUT2D eigenvalue weighted by molar-refractivity contribution is 9.11. The number of rotatable bonds is 4. The van der Waals surface area contributed by atoms with Crippen LogP contribution in [0.2, 0.25) is 0 Å². The molecule has 4 heteroatoms. The van der Waals surface area contributed by atoms with Crippen LogP contribution in [0.5, 0.6) is 0 Å². The van der Waals surface area contributed by atoms with Crippen molar-refractivity contribution in [3.05, 3.63) is 54.1 Å². The van der Waals surface area contributed by atoms with Crippen LogP contribution < -0.4 is 5.32 Å². The minimum absolute atomic E-state index is 0.271. The maximum absolute atomic E-state index is 3.62. The number of aryl methyl sites for hydroxylation is 2. The summed E-state index contributed by atoms with van der Waals surface area (Å²) in [7, 11) is 0. The van der Waals surface area contributed by atoms with E-state index in [1.54, 1.807) is 0 Å². The normalized spacial score (nSPS) is 12.7. The summed E-state index contributed by atoms with van der Waals surface area (Å²) in [6.07, 6.45) is 0. The monoisotopic (exact) mass is 401 g/mol. The van der Waals surface area contributed by atoms with E-state index in [9.17, 15) is 0 Å². The number of thiophene rings is 1. The van der Waals surface area contributed by atoms with Gasteiger partial charge in [0, 0.05) is 9.35 Å². The van der Waals surface area contributed by atoms with Gasteiger partial charge in [-0.1, -0.05) is 28.9 Å². The standard InChI is InChI=1S/C15H17Br2NS/c1-4-18-14(13-8-10(3)15(17)19-13)12-6-5-11(16)7-9(12)2/h5-8,14,18H,4H2,1-3H3. The summed E-state index contributed by atoms with van der Waals surface area (Å²) in [5, 5.41) is 3.59. The molecule has 0 saturated carbocycles. The van der Waals surface area contributed by atoms with Gasteiger partial charge in [0.25, 0.3) is 0 Å². The van der Waals surface area contributed by atoms with Gasteiger partial charge in [-0.05, 0) is 71.2 Å². The van der Waals surface area contributed by atoms with Crippen molar-refractivity contribution in [2.75, 3.05) is 6.54 Å². The zero-order valence-electron chi connectivity index (χ0n) is 11.3. The fraction of sp³-hybridized carbons (Fsp3) is 0.333. The van der Waals surface area contributed by atoms with Crippen LogP contribution in [0.15, 0.2) is 32.5 Å².